The molecule has 2 heteroatoms. The second-order valence-electron chi connectivity index (χ2n) is 5.79. The van der Waals surface area contributed by atoms with E-state index in [1.807, 2.05) is 12.2 Å². The summed E-state index contributed by atoms with van der Waals surface area (Å²) in [7, 11) is 1.66. The van der Waals surface area contributed by atoms with Crippen molar-refractivity contribution in [1.82, 2.24) is 0 Å². The van der Waals surface area contributed by atoms with Crippen LogP contribution in [0.25, 0.3) is 5.57 Å². The molecule has 1 aliphatic heterocycles. The maximum Gasteiger partial charge on any atom is 0.211 e. The Morgan fingerprint density at radius 3 is 2.54 bits per heavy atom. The van der Waals surface area contributed by atoms with Gasteiger partial charge >= 0.3 is 0 Å². The van der Waals surface area contributed by atoms with Gasteiger partial charge in [-0.05, 0) is 41.7 Å². The zero-order valence-corrected chi connectivity index (χ0v) is 14.8. The second kappa shape index (κ2) is 8.30. The summed E-state index contributed by atoms with van der Waals surface area (Å²) in [5, 5.41) is 0. The number of hydrogen-bond acceptors (Lipinski definition) is 2. The van der Waals surface area contributed by atoms with Crippen molar-refractivity contribution in [3.63, 3.8) is 0 Å². The standard InChI is InChI=1S/C22H25NO/c1-6-19-15-17(3)9-12-21(13-14-23-22(19)24-5)18(4)20-10-7-16(2)8-11-20/h7-13,15H,3-4,6,14H2,1-2,5H3/b12-9-,19-15?,21-13+,23-22?. The highest BCUT2D eigenvalue weighted by Gasteiger charge is 2.08. The van der Waals surface area contributed by atoms with Crippen LogP contribution in [-0.2, 0) is 4.74 Å². The maximum atomic E-state index is 5.43. The fourth-order valence-electron chi connectivity index (χ4n) is 2.52. The molecule has 124 valence electrons. The minimum Gasteiger partial charge on any atom is -0.481 e. The van der Waals surface area contributed by atoms with Gasteiger partial charge in [0.15, 0.2) is 0 Å². The normalized spacial score (nSPS) is 18.8. The van der Waals surface area contributed by atoms with Crippen LogP contribution in [0.2, 0.25) is 0 Å². The van der Waals surface area contributed by atoms with Crippen molar-refractivity contribution in [2.75, 3.05) is 13.7 Å². The summed E-state index contributed by atoms with van der Waals surface area (Å²) in [6, 6.07) is 8.39. The first-order valence-corrected chi connectivity index (χ1v) is 8.18. The highest BCUT2D eigenvalue weighted by atomic mass is 16.5. The summed E-state index contributed by atoms with van der Waals surface area (Å²) in [4.78, 5) is 4.56. The van der Waals surface area contributed by atoms with Crippen molar-refractivity contribution in [3.05, 3.63) is 89.6 Å². The van der Waals surface area contributed by atoms with Crippen molar-refractivity contribution >= 4 is 11.5 Å². The summed E-state index contributed by atoms with van der Waals surface area (Å²) in [6.45, 7) is 13.1. The number of rotatable bonds is 3. The Kier molecular flexibility index (Phi) is 6.14. The third-order valence-corrected chi connectivity index (χ3v) is 3.98. The summed E-state index contributed by atoms with van der Waals surface area (Å²) in [6.07, 6.45) is 9.02. The Morgan fingerprint density at radius 2 is 1.92 bits per heavy atom. The number of ether oxygens (including phenoxy) is 1. The average molecular weight is 319 g/mol. The topological polar surface area (TPSA) is 21.6 Å². The summed E-state index contributed by atoms with van der Waals surface area (Å²) in [5.41, 5.74) is 6.35. The molecule has 1 aromatic carbocycles. The van der Waals surface area contributed by atoms with E-state index >= 15 is 0 Å². The van der Waals surface area contributed by atoms with Gasteiger partial charge in [0.1, 0.15) is 0 Å². The molecule has 0 unspecified atom stereocenters. The molecule has 0 saturated heterocycles. The third-order valence-electron chi connectivity index (χ3n) is 3.98. The molecule has 0 fully saturated rings. The Labute approximate surface area is 145 Å². The molecule has 2 nitrogen and oxygen atoms in total. The van der Waals surface area contributed by atoms with Crippen molar-refractivity contribution in [1.29, 1.82) is 0 Å². The van der Waals surface area contributed by atoms with E-state index in [9.17, 15) is 0 Å². The monoisotopic (exact) mass is 319 g/mol. The number of nitrogens with zero attached hydrogens (tertiary/aromatic N) is 1. The molecule has 1 aromatic rings. The highest BCUT2D eigenvalue weighted by molar-refractivity contribution is 5.94. The number of aliphatic imine (C=N–C) groups is 1. The third kappa shape index (κ3) is 4.45. The largest absolute Gasteiger partial charge is 0.481 e. The van der Waals surface area contributed by atoms with Crippen LogP contribution in [0.4, 0.5) is 0 Å². The van der Waals surface area contributed by atoms with Crippen LogP contribution in [0, 0.1) is 6.92 Å². The van der Waals surface area contributed by atoms with Crippen LogP contribution in [0.15, 0.2) is 83.4 Å². The van der Waals surface area contributed by atoms with E-state index in [-0.39, 0.29) is 0 Å². The van der Waals surface area contributed by atoms with E-state index in [0.717, 1.165) is 34.3 Å². The Hall–Kier alpha value is -2.61. The van der Waals surface area contributed by atoms with Crippen LogP contribution in [0.3, 0.4) is 0 Å². The predicted octanol–water partition coefficient (Wildman–Crippen LogP) is 5.44. The molecular formula is C22H25NO. The first-order valence-electron chi connectivity index (χ1n) is 8.18. The fourth-order valence-corrected chi connectivity index (χ4v) is 2.52. The number of methoxy groups -OCH3 is 1. The van der Waals surface area contributed by atoms with Gasteiger partial charge in [0.2, 0.25) is 5.90 Å². The number of benzene rings is 1. The van der Waals surface area contributed by atoms with Gasteiger partial charge in [-0.2, -0.15) is 0 Å². The Balaban J connectivity index is 2.35. The maximum absolute atomic E-state index is 5.43. The summed E-state index contributed by atoms with van der Waals surface area (Å²) in [5.74, 6) is 0.672. The van der Waals surface area contributed by atoms with Gasteiger partial charge in [0.05, 0.1) is 13.7 Å². The molecule has 0 aliphatic carbocycles. The van der Waals surface area contributed by atoms with Crippen molar-refractivity contribution in [2.24, 2.45) is 4.99 Å². The highest BCUT2D eigenvalue weighted by Crippen LogP contribution is 2.24. The van der Waals surface area contributed by atoms with Crippen LogP contribution < -0.4 is 0 Å². The first kappa shape index (κ1) is 17.7. The van der Waals surface area contributed by atoms with Crippen molar-refractivity contribution in [2.45, 2.75) is 20.3 Å². The van der Waals surface area contributed by atoms with Crippen LogP contribution in [0.5, 0.6) is 0 Å². The van der Waals surface area contributed by atoms with Gasteiger partial charge in [-0.1, -0.05) is 68.1 Å². The molecule has 0 amide bonds. The molecule has 24 heavy (non-hydrogen) atoms. The lowest BCUT2D eigenvalue weighted by Gasteiger charge is -2.11. The number of allylic oxidation sites excluding steroid dienone is 6. The predicted molar refractivity (Wildman–Crippen MR) is 104 cm³/mol. The number of aryl methyl sites for hydroxylation is 1. The fraction of sp³-hybridized carbons (Fsp3) is 0.227. The molecule has 0 spiro atoms. The Bertz CT molecular complexity index is 743. The van der Waals surface area contributed by atoms with Gasteiger partial charge in [-0.15, -0.1) is 0 Å². The lowest BCUT2D eigenvalue weighted by Crippen LogP contribution is -2.07. The van der Waals surface area contributed by atoms with E-state index in [0.29, 0.717) is 12.4 Å². The zero-order valence-electron chi connectivity index (χ0n) is 14.8. The molecule has 1 aliphatic rings. The minimum atomic E-state index is 0.553. The molecule has 1 heterocycles. The van der Waals surface area contributed by atoms with Gasteiger partial charge in [0.25, 0.3) is 0 Å². The molecule has 0 saturated carbocycles. The van der Waals surface area contributed by atoms with Crippen molar-refractivity contribution < 1.29 is 4.74 Å². The molecule has 0 aromatic heterocycles. The minimum absolute atomic E-state index is 0.553. The zero-order chi connectivity index (χ0) is 17.5. The quantitative estimate of drug-likeness (QED) is 0.726. The smallest absolute Gasteiger partial charge is 0.211 e. The van der Waals surface area contributed by atoms with Crippen LogP contribution in [0.1, 0.15) is 24.5 Å². The SMILES string of the molecule is C=C1C=C(CC)C(OC)=NC/C=C(C(=C)c2ccc(C)cc2)\C=C/1. The molecular weight excluding hydrogens is 294 g/mol. The van der Waals surface area contributed by atoms with E-state index in [4.69, 9.17) is 4.74 Å². The lowest BCUT2D eigenvalue weighted by molar-refractivity contribution is 0.400. The molecule has 0 atom stereocenters. The molecule has 0 bridgehead atoms. The summed E-state index contributed by atoms with van der Waals surface area (Å²) >= 11 is 0. The number of hydrogen-bond donors (Lipinski definition) is 0. The molecule has 0 radical (unpaired) electrons. The van der Waals surface area contributed by atoms with E-state index in [1.54, 1.807) is 7.11 Å². The van der Waals surface area contributed by atoms with E-state index < -0.39 is 0 Å². The van der Waals surface area contributed by atoms with Gasteiger partial charge in [-0.3, -0.25) is 0 Å². The van der Waals surface area contributed by atoms with Crippen molar-refractivity contribution in [3.8, 4) is 0 Å². The van der Waals surface area contributed by atoms with Gasteiger partial charge in [-0.25, -0.2) is 4.99 Å². The van der Waals surface area contributed by atoms with E-state index in [1.165, 1.54) is 5.56 Å². The van der Waals surface area contributed by atoms with Crippen LogP contribution in [-0.4, -0.2) is 19.6 Å². The van der Waals surface area contributed by atoms with Crippen LogP contribution >= 0.6 is 0 Å². The first-order chi connectivity index (χ1) is 11.5. The molecule has 2 rings (SSSR count). The Morgan fingerprint density at radius 1 is 1.21 bits per heavy atom. The lowest BCUT2D eigenvalue weighted by atomic mass is 9.97. The van der Waals surface area contributed by atoms with E-state index in [2.05, 4.69) is 68.4 Å². The van der Waals surface area contributed by atoms with Gasteiger partial charge < -0.3 is 4.74 Å². The van der Waals surface area contributed by atoms with Gasteiger partial charge in [0, 0.05) is 5.57 Å². The second-order valence-corrected chi connectivity index (χ2v) is 5.79. The summed E-state index contributed by atoms with van der Waals surface area (Å²) < 4.78 is 5.43. The average Bonchev–Trinajstić information content (AvgIpc) is 2.59. The molecule has 0 N–H and O–H groups in total.